The number of hydrogen-bond donors (Lipinski definition) is 0. The molecule has 0 N–H and O–H groups in total. The van der Waals surface area contributed by atoms with Crippen LogP contribution in [0.1, 0.15) is 51.5 Å². The number of rotatable bonds is 7. The first-order valence-electron chi connectivity index (χ1n) is 9.94. The maximum atomic E-state index is 13.5. The van der Waals surface area contributed by atoms with E-state index in [1.165, 1.54) is 12.1 Å². The van der Waals surface area contributed by atoms with Gasteiger partial charge in [0.2, 0.25) is 0 Å². The van der Waals surface area contributed by atoms with Gasteiger partial charge in [0, 0.05) is 18.4 Å². The van der Waals surface area contributed by atoms with Gasteiger partial charge in [0.15, 0.2) is 0 Å². The largest absolute Gasteiger partial charge is 0.466 e. The lowest BCUT2D eigenvalue weighted by atomic mass is 9.73. The molecule has 0 unspecified atom stereocenters. The van der Waals surface area contributed by atoms with E-state index in [0.29, 0.717) is 19.4 Å². The van der Waals surface area contributed by atoms with Gasteiger partial charge in [-0.3, -0.25) is 4.79 Å². The van der Waals surface area contributed by atoms with Crippen molar-refractivity contribution in [1.29, 1.82) is 0 Å². The van der Waals surface area contributed by atoms with Gasteiger partial charge in [-0.2, -0.15) is 0 Å². The second kappa shape index (κ2) is 8.83. The quantitative estimate of drug-likeness (QED) is 0.680. The zero-order valence-electron chi connectivity index (χ0n) is 16.2. The molecule has 0 aliphatic carbocycles. The second-order valence-corrected chi connectivity index (χ2v) is 7.53. The minimum Gasteiger partial charge on any atom is -0.466 e. The topological polar surface area (TPSA) is 51.1 Å². The Balaban J connectivity index is 1.66. The summed E-state index contributed by atoms with van der Waals surface area (Å²) >= 11 is 0. The van der Waals surface area contributed by atoms with Gasteiger partial charge in [-0.25, -0.2) is 4.39 Å². The molecule has 0 spiro atoms. The summed E-state index contributed by atoms with van der Waals surface area (Å²) in [6, 6.07) is 6.38. The van der Waals surface area contributed by atoms with Crippen molar-refractivity contribution in [2.24, 2.45) is 10.6 Å². The Morgan fingerprint density at radius 2 is 2.15 bits per heavy atom. The number of oxime groups is 1. The Morgan fingerprint density at radius 3 is 2.81 bits per heavy atom. The minimum atomic E-state index is -0.516. The molecule has 1 aromatic carbocycles. The van der Waals surface area contributed by atoms with Crippen molar-refractivity contribution >= 4 is 11.7 Å². The molecule has 3 rings (SSSR count). The molecule has 0 bridgehead atoms. The van der Waals surface area contributed by atoms with Crippen molar-refractivity contribution in [2.45, 2.75) is 52.1 Å². The highest BCUT2D eigenvalue weighted by Crippen LogP contribution is 2.40. The molecule has 27 heavy (non-hydrogen) atoms. The third-order valence-electron chi connectivity index (χ3n) is 5.57. The molecule has 1 saturated heterocycles. The number of carbonyl (C=O) groups is 1. The molecule has 0 saturated carbocycles. The summed E-state index contributed by atoms with van der Waals surface area (Å²) in [5.74, 6) is -0.408. The number of nitrogens with zero attached hydrogens (tertiary/aromatic N) is 2. The van der Waals surface area contributed by atoms with E-state index in [9.17, 15) is 9.18 Å². The van der Waals surface area contributed by atoms with Crippen LogP contribution in [0, 0.1) is 11.2 Å². The average molecular weight is 376 g/mol. The molecule has 6 heteroatoms. The van der Waals surface area contributed by atoms with Crippen molar-refractivity contribution in [2.75, 3.05) is 26.2 Å². The van der Waals surface area contributed by atoms with Crippen molar-refractivity contribution in [3.05, 3.63) is 35.6 Å². The summed E-state index contributed by atoms with van der Waals surface area (Å²) in [7, 11) is 0. The molecule has 5 nitrogen and oxygen atoms in total. The molecular formula is C21H29FN2O3. The number of hydrogen-bond acceptors (Lipinski definition) is 5. The van der Waals surface area contributed by atoms with Crippen LogP contribution in [-0.4, -0.2) is 48.9 Å². The first kappa shape index (κ1) is 19.8. The molecule has 0 amide bonds. The van der Waals surface area contributed by atoms with E-state index in [2.05, 4.69) is 17.0 Å². The van der Waals surface area contributed by atoms with Crippen LogP contribution in [0.5, 0.6) is 0 Å². The van der Waals surface area contributed by atoms with Crippen LogP contribution in [0.25, 0.3) is 0 Å². The fourth-order valence-electron chi connectivity index (χ4n) is 4.11. The fourth-order valence-corrected chi connectivity index (χ4v) is 4.11. The molecular weight excluding hydrogens is 347 g/mol. The Labute approximate surface area is 160 Å². The Morgan fingerprint density at radius 1 is 1.37 bits per heavy atom. The predicted molar refractivity (Wildman–Crippen MR) is 102 cm³/mol. The third kappa shape index (κ3) is 4.67. The number of likely N-dealkylation sites (tertiary alicyclic amines) is 1. The Hall–Kier alpha value is -1.95. The number of benzene rings is 1. The normalized spacial score (nSPS) is 22.2. The van der Waals surface area contributed by atoms with Crippen LogP contribution in [0.3, 0.4) is 0 Å². The maximum Gasteiger partial charge on any atom is 0.312 e. The maximum absolute atomic E-state index is 13.5. The first-order chi connectivity index (χ1) is 13.1. The highest BCUT2D eigenvalue weighted by atomic mass is 19.1. The number of halogens is 1. The third-order valence-corrected chi connectivity index (χ3v) is 5.57. The van der Waals surface area contributed by atoms with Crippen LogP contribution < -0.4 is 0 Å². The summed E-state index contributed by atoms with van der Waals surface area (Å²) < 4.78 is 18.9. The van der Waals surface area contributed by atoms with Gasteiger partial charge in [-0.05, 0) is 58.0 Å². The molecule has 0 aromatic heterocycles. The van der Waals surface area contributed by atoms with E-state index in [0.717, 1.165) is 50.2 Å². The SMILES string of the molecule is CCCN1CCC(C[C@@H]2CC(c3cccc(F)c3)=NO2)(C(=O)OCC)CC1. The average Bonchev–Trinajstić information content (AvgIpc) is 3.12. The zero-order chi connectivity index (χ0) is 19.3. The molecule has 148 valence electrons. The van der Waals surface area contributed by atoms with Crippen molar-refractivity contribution in [3.63, 3.8) is 0 Å². The van der Waals surface area contributed by atoms with E-state index in [-0.39, 0.29) is 17.9 Å². The van der Waals surface area contributed by atoms with Crippen molar-refractivity contribution < 1.29 is 18.8 Å². The summed E-state index contributed by atoms with van der Waals surface area (Å²) in [5.41, 5.74) is 0.958. The predicted octanol–water partition coefficient (Wildman–Crippen LogP) is 3.76. The molecule has 1 atom stereocenters. The summed E-state index contributed by atoms with van der Waals surface area (Å²) in [5, 5.41) is 4.16. The highest BCUT2D eigenvalue weighted by Gasteiger charge is 2.45. The van der Waals surface area contributed by atoms with Gasteiger partial charge < -0.3 is 14.5 Å². The van der Waals surface area contributed by atoms with E-state index < -0.39 is 5.41 Å². The number of ether oxygens (including phenoxy) is 1. The van der Waals surface area contributed by atoms with Crippen LogP contribution in [-0.2, 0) is 14.4 Å². The lowest BCUT2D eigenvalue weighted by molar-refractivity contribution is -0.161. The van der Waals surface area contributed by atoms with E-state index in [4.69, 9.17) is 9.57 Å². The Bertz CT molecular complexity index is 684. The highest BCUT2D eigenvalue weighted by molar-refractivity contribution is 6.01. The summed E-state index contributed by atoms with van der Waals surface area (Å²) in [6.45, 7) is 7.26. The monoisotopic (exact) mass is 376 g/mol. The van der Waals surface area contributed by atoms with Gasteiger partial charge in [0.1, 0.15) is 11.9 Å². The van der Waals surface area contributed by atoms with Gasteiger partial charge in [-0.15, -0.1) is 0 Å². The van der Waals surface area contributed by atoms with Crippen molar-refractivity contribution in [3.8, 4) is 0 Å². The second-order valence-electron chi connectivity index (χ2n) is 7.53. The number of piperidine rings is 1. The zero-order valence-corrected chi connectivity index (χ0v) is 16.2. The fraction of sp³-hybridized carbons (Fsp3) is 0.619. The van der Waals surface area contributed by atoms with Gasteiger partial charge >= 0.3 is 5.97 Å². The molecule has 1 aromatic rings. The minimum absolute atomic E-state index is 0.121. The summed E-state index contributed by atoms with van der Waals surface area (Å²) in [4.78, 5) is 20.8. The lowest BCUT2D eigenvalue weighted by Crippen LogP contribution is -2.47. The smallest absolute Gasteiger partial charge is 0.312 e. The van der Waals surface area contributed by atoms with Crippen LogP contribution in [0.15, 0.2) is 29.4 Å². The van der Waals surface area contributed by atoms with Gasteiger partial charge in [0.05, 0.1) is 17.7 Å². The standard InChI is InChI=1S/C21H29FN2O3/c1-3-10-24-11-8-21(9-12-24,20(25)26-4-2)15-18-14-19(23-27-18)16-6-5-7-17(22)13-16/h5-7,13,18H,3-4,8-12,14-15H2,1-2H3/t18-/m0/s1. The molecule has 2 heterocycles. The molecule has 2 aliphatic rings. The number of esters is 1. The number of carbonyl (C=O) groups excluding carboxylic acids is 1. The van der Waals surface area contributed by atoms with Crippen LogP contribution in [0.2, 0.25) is 0 Å². The van der Waals surface area contributed by atoms with Crippen molar-refractivity contribution in [1.82, 2.24) is 4.90 Å². The van der Waals surface area contributed by atoms with E-state index >= 15 is 0 Å². The van der Waals surface area contributed by atoms with Crippen LogP contribution >= 0.6 is 0 Å². The molecule has 1 fully saturated rings. The molecule has 0 radical (unpaired) electrons. The lowest BCUT2D eigenvalue weighted by Gasteiger charge is -2.40. The van der Waals surface area contributed by atoms with Crippen LogP contribution in [0.4, 0.5) is 4.39 Å². The van der Waals surface area contributed by atoms with Gasteiger partial charge in [0.25, 0.3) is 0 Å². The molecule has 2 aliphatic heterocycles. The van der Waals surface area contributed by atoms with E-state index in [1.807, 2.05) is 13.0 Å². The Kier molecular flexibility index (Phi) is 6.47. The van der Waals surface area contributed by atoms with E-state index in [1.54, 1.807) is 6.07 Å². The van der Waals surface area contributed by atoms with Gasteiger partial charge in [-0.1, -0.05) is 24.2 Å². The summed E-state index contributed by atoms with van der Waals surface area (Å²) in [6.07, 6.45) is 3.67. The first-order valence-corrected chi connectivity index (χ1v) is 9.94.